The Balaban J connectivity index is 0.00000225. The average molecular weight is 262 g/mol. The van der Waals surface area contributed by atoms with Crippen LogP contribution in [0.3, 0.4) is 0 Å². The van der Waals surface area contributed by atoms with E-state index in [9.17, 15) is 17.7 Å². The fourth-order valence-corrected chi connectivity index (χ4v) is 1.87. The van der Waals surface area contributed by atoms with Crippen LogP contribution in [0.1, 0.15) is 12.8 Å². The minimum atomic E-state index is -4.74. The molecule has 1 fully saturated rings. The molecule has 1 aliphatic heterocycles. The van der Waals surface area contributed by atoms with Crippen molar-refractivity contribution in [2.24, 2.45) is 5.92 Å². The fourth-order valence-electron chi connectivity index (χ4n) is 1.87. The first kappa shape index (κ1) is 16.9. The Morgan fingerprint density at radius 2 is 1.88 bits per heavy atom. The first-order chi connectivity index (χ1) is 6.92. The summed E-state index contributed by atoms with van der Waals surface area (Å²) in [6.45, 7) is -4.02. The van der Waals surface area contributed by atoms with Crippen molar-refractivity contribution in [2.75, 3.05) is 26.6 Å². The van der Waals surface area contributed by atoms with Gasteiger partial charge in [0.05, 0.1) is 0 Å². The molecule has 8 heteroatoms. The number of carbonyl (C=O) groups is 1. The number of hydrogen-bond donors (Lipinski definition) is 1. The minimum absolute atomic E-state index is 0. The van der Waals surface area contributed by atoms with Crippen LogP contribution in [0.2, 0.25) is 0 Å². The topological polar surface area (TPSA) is 32.3 Å². The molecule has 0 unspecified atom stereocenters. The monoisotopic (exact) mass is 262 g/mol. The second kappa shape index (κ2) is 7.38. The molecule has 0 aromatic carbocycles. The van der Waals surface area contributed by atoms with Gasteiger partial charge in [0, 0.05) is 13.0 Å². The molecule has 0 aromatic heterocycles. The summed E-state index contributed by atoms with van der Waals surface area (Å²) in [4.78, 5) is 12.6. The summed E-state index contributed by atoms with van der Waals surface area (Å²) in [7, 11) is 1.55. The van der Waals surface area contributed by atoms with Crippen molar-refractivity contribution >= 4 is 12.9 Å². The maximum Gasteiger partial charge on any atom is 1.00 e. The van der Waals surface area contributed by atoms with Gasteiger partial charge >= 0.3 is 58.4 Å². The summed E-state index contributed by atoms with van der Waals surface area (Å²) in [6, 6.07) is 0. The van der Waals surface area contributed by atoms with Crippen LogP contribution in [0.25, 0.3) is 0 Å². The summed E-state index contributed by atoms with van der Waals surface area (Å²) in [5.74, 6) is -0.181. The maximum absolute atomic E-state index is 12.1. The van der Waals surface area contributed by atoms with E-state index < -0.39 is 13.4 Å². The standard InChI is InChI=1S/C8H15BF3N2O.K/c1-13-8(15)7-2-4-14(5-3-7)6-9(10,11)12;/h7H,2-6H2,1H3,(H,13,15);/q-1;+1. The summed E-state index contributed by atoms with van der Waals surface area (Å²) in [6.07, 6.45) is 0.234. The van der Waals surface area contributed by atoms with Gasteiger partial charge in [-0.15, -0.1) is 0 Å². The third kappa shape index (κ3) is 6.02. The first-order valence-electron chi connectivity index (χ1n) is 5.07. The van der Waals surface area contributed by atoms with E-state index in [0.717, 1.165) is 0 Å². The minimum Gasteiger partial charge on any atom is -0.448 e. The van der Waals surface area contributed by atoms with Crippen molar-refractivity contribution in [1.29, 1.82) is 0 Å². The Kier molecular flexibility index (Phi) is 7.80. The molecule has 0 aliphatic carbocycles. The van der Waals surface area contributed by atoms with E-state index in [1.807, 2.05) is 0 Å². The van der Waals surface area contributed by atoms with E-state index in [0.29, 0.717) is 25.9 Å². The Labute approximate surface area is 136 Å². The molecular formula is C8H15BF3KN2O. The normalized spacial score (nSPS) is 19.0. The Hall–Kier alpha value is 0.921. The van der Waals surface area contributed by atoms with Crippen molar-refractivity contribution < 1.29 is 69.1 Å². The zero-order valence-corrected chi connectivity index (χ0v) is 12.8. The van der Waals surface area contributed by atoms with E-state index >= 15 is 0 Å². The predicted molar refractivity (Wildman–Crippen MR) is 52.3 cm³/mol. The Morgan fingerprint density at radius 3 is 2.25 bits per heavy atom. The molecule has 16 heavy (non-hydrogen) atoms. The van der Waals surface area contributed by atoms with E-state index in [-0.39, 0.29) is 63.2 Å². The molecule has 0 saturated carbocycles. The van der Waals surface area contributed by atoms with Gasteiger partial charge in [0.2, 0.25) is 5.91 Å². The van der Waals surface area contributed by atoms with E-state index in [2.05, 4.69) is 5.32 Å². The molecule has 1 aliphatic rings. The predicted octanol–water partition coefficient (Wildman–Crippen LogP) is -2.16. The van der Waals surface area contributed by atoms with Gasteiger partial charge in [0.1, 0.15) is 0 Å². The second-order valence-electron chi connectivity index (χ2n) is 3.90. The molecule has 1 N–H and O–H groups in total. The van der Waals surface area contributed by atoms with Gasteiger partial charge in [-0.3, -0.25) is 4.79 Å². The first-order valence-corrected chi connectivity index (χ1v) is 5.07. The number of likely N-dealkylation sites (tertiary alicyclic amines) is 1. The van der Waals surface area contributed by atoms with Crippen molar-refractivity contribution in [3.05, 3.63) is 0 Å². The molecule has 88 valence electrons. The molecule has 0 radical (unpaired) electrons. The summed E-state index contributed by atoms with van der Waals surface area (Å²) < 4.78 is 36.3. The van der Waals surface area contributed by atoms with Crippen LogP contribution in [0.4, 0.5) is 12.9 Å². The molecule has 1 saturated heterocycles. The van der Waals surface area contributed by atoms with Crippen molar-refractivity contribution in [1.82, 2.24) is 10.2 Å². The summed E-state index contributed by atoms with van der Waals surface area (Å²) >= 11 is 0. The smallest absolute Gasteiger partial charge is 0.448 e. The van der Waals surface area contributed by atoms with Crippen LogP contribution < -0.4 is 56.7 Å². The van der Waals surface area contributed by atoms with E-state index in [4.69, 9.17) is 0 Å². The van der Waals surface area contributed by atoms with Gasteiger partial charge in [0.15, 0.2) is 0 Å². The van der Waals surface area contributed by atoms with Gasteiger partial charge < -0.3 is 23.2 Å². The number of carbonyl (C=O) groups excluding carboxylic acids is 1. The number of piperidine rings is 1. The van der Waals surface area contributed by atoms with Crippen molar-refractivity contribution in [2.45, 2.75) is 12.8 Å². The molecule has 0 bridgehead atoms. The number of nitrogens with zero attached hydrogens (tertiary/aromatic N) is 1. The van der Waals surface area contributed by atoms with Crippen molar-refractivity contribution in [3.8, 4) is 0 Å². The summed E-state index contributed by atoms with van der Waals surface area (Å²) in [5, 5.41) is 2.52. The summed E-state index contributed by atoms with van der Waals surface area (Å²) in [5.41, 5.74) is 0. The molecule has 3 nitrogen and oxygen atoms in total. The van der Waals surface area contributed by atoms with Crippen molar-refractivity contribution in [3.63, 3.8) is 0 Å². The van der Waals surface area contributed by atoms with Crippen LogP contribution in [0, 0.1) is 5.92 Å². The Bertz CT molecular complexity index is 232. The number of nitrogens with one attached hydrogen (secondary N) is 1. The zero-order chi connectivity index (χ0) is 11.5. The molecule has 0 spiro atoms. The van der Waals surface area contributed by atoms with Gasteiger partial charge in [0.25, 0.3) is 0 Å². The van der Waals surface area contributed by atoms with Crippen LogP contribution in [-0.2, 0) is 4.79 Å². The molecule has 1 amide bonds. The van der Waals surface area contributed by atoms with Gasteiger partial charge in [-0.1, -0.05) is 0 Å². The van der Waals surface area contributed by atoms with Crippen LogP contribution >= 0.6 is 0 Å². The SMILES string of the molecule is CNC(=O)C1CCN(C[B-](F)(F)F)CC1.[K+]. The molecule has 1 heterocycles. The third-order valence-corrected chi connectivity index (χ3v) is 2.67. The van der Waals surface area contributed by atoms with Crippen LogP contribution in [0.15, 0.2) is 0 Å². The second-order valence-corrected chi connectivity index (χ2v) is 3.90. The largest absolute Gasteiger partial charge is 1.00 e. The van der Waals surface area contributed by atoms with Crippen LogP contribution in [0.5, 0.6) is 0 Å². The number of halogens is 3. The number of rotatable bonds is 3. The molecular weight excluding hydrogens is 247 g/mol. The zero-order valence-electron chi connectivity index (χ0n) is 9.68. The van der Waals surface area contributed by atoms with Gasteiger partial charge in [-0.2, -0.15) is 0 Å². The fraction of sp³-hybridized carbons (Fsp3) is 0.875. The van der Waals surface area contributed by atoms with E-state index in [1.54, 1.807) is 7.05 Å². The third-order valence-electron chi connectivity index (χ3n) is 2.67. The number of amides is 1. The molecule has 0 atom stereocenters. The average Bonchev–Trinajstić information content (AvgIpc) is 2.15. The maximum atomic E-state index is 12.1. The number of hydrogen-bond acceptors (Lipinski definition) is 2. The van der Waals surface area contributed by atoms with Gasteiger partial charge in [-0.05, 0) is 32.4 Å². The van der Waals surface area contributed by atoms with Gasteiger partial charge in [-0.25, -0.2) is 0 Å². The van der Waals surface area contributed by atoms with E-state index in [1.165, 1.54) is 4.90 Å². The molecule has 1 rings (SSSR count). The molecule has 0 aromatic rings. The van der Waals surface area contributed by atoms with Crippen LogP contribution in [-0.4, -0.2) is 44.4 Å². The quantitative estimate of drug-likeness (QED) is 0.587. The Morgan fingerprint density at radius 1 is 1.38 bits per heavy atom.